The monoisotopic (exact) mass is 302 g/mol. The first kappa shape index (κ1) is 16.3. The first-order valence-corrected chi connectivity index (χ1v) is 7.68. The van der Waals surface area contributed by atoms with Crippen molar-refractivity contribution in [3.8, 4) is 0 Å². The van der Waals surface area contributed by atoms with Crippen molar-refractivity contribution in [2.24, 2.45) is 5.92 Å². The lowest BCUT2D eigenvalue weighted by Crippen LogP contribution is -2.19. The van der Waals surface area contributed by atoms with Gasteiger partial charge in [-0.25, -0.2) is 4.79 Å². The summed E-state index contributed by atoms with van der Waals surface area (Å²) in [6, 6.07) is 9.37. The number of hydrogen-bond donors (Lipinski definition) is 1. The fraction of sp³-hybridized carbons (Fsp3) is 0.444. The van der Waals surface area contributed by atoms with E-state index >= 15 is 0 Å². The zero-order valence-electron chi connectivity index (χ0n) is 13.2. The molecule has 1 aromatic rings. The van der Waals surface area contributed by atoms with E-state index in [1.165, 1.54) is 0 Å². The summed E-state index contributed by atoms with van der Waals surface area (Å²) in [5.74, 6) is -1.41. The summed E-state index contributed by atoms with van der Waals surface area (Å²) in [4.78, 5) is 24.4. The lowest BCUT2D eigenvalue weighted by molar-refractivity contribution is -0.141. The van der Waals surface area contributed by atoms with Gasteiger partial charge in [-0.2, -0.15) is 0 Å². The normalized spacial score (nSPS) is 21.9. The van der Waals surface area contributed by atoms with Gasteiger partial charge in [-0.15, -0.1) is 0 Å². The smallest absolute Gasteiger partial charge is 0.346 e. The Balaban J connectivity index is 2.35. The van der Waals surface area contributed by atoms with Crippen LogP contribution in [-0.4, -0.2) is 23.0 Å². The number of aliphatic hydroxyl groups is 1. The molecule has 1 fully saturated rings. The maximum Gasteiger partial charge on any atom is 0.346 e. The molecule has 2 atom stereocenters. The summed E-state index contributed by atoms with van der Waals surface area (Å²) in [5, 5.41) is 10.5. The molecular weight excluding hydrogens is 280 g/mol. The molecule has 0 saturated carbocycles. The average Bonchev–Trinajstić information content (AvgIpc) is 2.74. The fourth-order valence-corrected chi connectivity index (χ4v) is 2.76. The molecule has 2 rings (SSSR count). The first-order chi connectivity index (χ1) is 10.5. The van der Waals surface area contributed by atoms with E-state index in [2.05, 4.69) is 0 Å². The highest BCUT2D eigenvalue weighted by Gasteiger charge is 2.42. The van der Waals surface area contributed by atoms with Crippen LogP contribution in [0, 0.1) is 5.92 Å². The van der Waals surface area contributed by atoms with Crippen LogP contribution in [0.15, 0.2) is 41.7 Å². The van der Waals surface area contributed by atoms with E-state index in [9.17, 15) is 14.7 Å². The highest BCUT2D eigenvalue weighted by atomic mass is 16.6. The summed E-state index contributed by atoms with van der Waals surface area (Å²) in [5.41, 5.74) is 0.698. The van der Waals surface area contributed by atoms with E-state index in [4.69, 9.17) is 4.74 Å². The second kappa shape index (κ2) is 6.77. The lowest BCUT2D eigenvalue weighted by Gasteiger charge is -2.15. The minimum absolute atomic E-state index is 0.171. The number of aliphatic hydroxyl groups excluding tert-OH is 1. The van der Waals surface area contributed by atoms with Gasteiger partial charge in [0.25, 0.3) is 0 Å². The van der Waals surface area contributed by atoms with Crippen LogP contribution in [0.3, 0.4) is 0 Å². The number of allylic oxidation sites excluding steroid dienone is 1. The maximum absolute atomic E-state index is 12.4. The average molecular weight is 302 g/mol. The van der Waals surface area contributed by atoms with Gasteiger partial charge in [-0.05, 0) is 24.3 Å². The Morgan fingerprint density at radius 1 is 1.23 bits per heavy atom. The molecule has 0 radical (unpaired) electrons. The highest BCUT2D eigenvalue weighted by molar-refractivity contribution is 6.23. The van der Waals surface area contributed by atoms with Crippen LogP contribution >= 0.6 is 0 Å². The largest absolute Gasteiger partial charge is 0.511 e. The molecule has 1 saturated heterocycles. The van der Waals surface area contributed by atoms with Gasteiger partial charge in [0, 0.05) is 5.92 Å². The summed E-state index contributed by atoms with van der Waals surface area (Å²) < 4.78 is 5.14. The molecule has 4 nitrogen and oxygen atoms in total. The van der Waals surface area contributed by atoms with Crippen molar-refractivity contribution in [3.63, 3.8) is 0 Å². The predicted molar refractivity (Wildman–Crippen MR) is 83.5 cm³/mol. The van der Waals surface area contributed by atoms with Crippen LogP contribution in [0.5, 0.6) is 0 Å². The van der Waals surface area contributed by atoms with Crippen LogP contribution < -0.4 is 0 Å². The number of hydrogen-bond acceptors (Lipinski definition) is 4. The van der Waals surface area contributed by atoms with Crippen molar-refractivity contribution in [2.45, 2.75) is 45.6 Å². The van der Waals surface area contributed by atoms with E-state index in [1.54, 1.807) is 0 Å². The van der Waals surface area contributed by atoms with Crippen molar-refractivity contribution < 1.29 is 19.4 Å². The van der Waals surface area contributed by atoms with Crippen LogP contribution in [0.25, 0.3) is 0 Å². The molecule has 1 N–H and O–H groups in total. The number of benzene rings is 1. The summed E-state index contributed by atoms with van der Waals surface area (Å²) in [6.07, 6.45) is 0.302. The van der Waals surface area contributed by atoms with E-state index < -0.39 is 17.9 Å². The quantitative estimate of drug-likeness (QED) is 0.391. The van der Waals surface area contributed by atoms with Crippen LogP contribution in [0.4, 0.5) is 0 Å². The minimum Gasteiger partial charge on any atom is -0.511 e. The third-order valence-corrected chi connectivity index (χ3v) is 3.87. The zero-order valence-corrected chi connectivity index (χ0v) is 13.2. The molecule has 0 bridgehead atoms. The number of carbonyl (C=O) groups is 2. The first-order valence-electron chi connectivity index (χ1n) is 7.68. The van der Waals surface area contributed by atoms with Crippen molar-refractivity contribution in [1.82, 2.24) is 0 Å². The Hall–Kier alpha value is -2.10. The van der Waals surface area contributed by atoms with Crippen molar-refractivity contribution in [3.05, 3.63) is 47.2 Å². The third kappa shape index (κ3) is 3.21. The Labute approximate surface area is 130 Å². The van der Waals surface area contributed by atoms with E-state index in [0.29, 0.717) is 12.8 Å². The number of rotatable bonds is 5. The van der Waals surface area contributed by atoms with Crippen LogP contribution in [0.1, 0.15) is 45.1 Å². The summed E-state index contributed by atoms with van der Waals surface area (Å²) in [7, 11) is 0. The number of ether oxygens (including phenoxy) is 1. The molecule has 1 aliphatic rings. The van der Waals surface area contributed by atoms with Gasteiger partial charge >= 0.3 is 5.97 Å². The van der Waals surface area contributed by atoms with Crippen molar-refractivity contribution >= 4 is 11.8 Å². The van der Waals surface area contributed by atoms with Gasteiger partial charge in [0.2, 0.25) is 5.78 Å². The Kier molecular flexibility index (Phi) is 5.01. The van der Waals surface area contributed by atoms with Gasteiger partial charge < -0.3 is 9.84 Å². The molecule has 0 amide bonds. The van der Waals surface area contributed by atoms with E-state index in [-0.39, 0.29) is 23.2 Å². The second-order valence-electron chi connectivity index (χ2n) is 6.02. The zero-order chi connectivity index (χ0) is 16.3. The van der Waals surface area contributed by atoms with Crippen LogP contribution in [-0.2, 0) is 14.3 Å². The molecule has 0 aliphatic carbocycles. The third-order valence-electron chi connectivity index (χ3n) is 3.87. The highest BCUT2D eigenvalue weighted by Crippen LogP contribution is 2.32. The molecule has 1 heterocycles. The van der Waals surface area contributed by atoms with Gasteiger partial charge in [0.15, 0.2) is 6.10 Å². The number of carbonyl (C=O) groups excluding carboxylic acids is 2. The predicted octanol–water partition coefficient (Wildman–Crippen LogP) is 3.53. The van der Waals surface area contributed by atoms with Crippen molar-refractivity contribution in [2.75, 3.05) is 0 Å². The Morgan fingerprint density at radius 2 is 1.86 bits per heavy atom. The molecule has 1 aliphatic heterocycles. The maximum atomic E-state index is 12.4. The number of ketones is 1. The molecule has 4 heteroatoms. The fourth-order valence-electron chi connectivity index (χ4n) is 2.76. The van der Waals surface area contributed by atoms with Gasteiger partial charge in [-0.3, -0.25) is 4.79 Å². The SMILES string of the molecule is CCC(C(O)=C1C(=O)OC(CC(C)C)C1=O)c1ccccc1. The summed E-state index contributed by atoms with van der Waals surface area (Å²) in [6.45, 7) is 5.83. The minimum atomic E-state index is -0.766. The number of esters is 1. The number of Topliss-reactive ketones (excluding diaryl/α,β-unsaturated/α-hetero) is 1. The molecule has 22 heavy (non-hydrogen) atoms. The van der Waals surface area contributed by atoms with Gasteiger partial charge in [-0.1, -0.05) is 51.1 Å². The van der Waals surface area contributed by atoms with Crippen LogP contribution in [0.2, 0.25) is 0 Å². The van der Waals surface area contributed by atoms with Crippen molar-refractivity contribution in [1.29, 1.82) is 0 Å². The molecular formula is C18H22O4. The van der Waals surface area contributed by atoms with Gasteiger partial charge in [0.1, 0.15) is 11.3 Å². The summed E-state index contributed by atoms with van der Waals surface area (Å²) >= 11 is 0. The second-order valence-corrected chi connectivity index (χ2v) is 6.02. The molecule has 1 aromatic carbocycles. The topological polar surface area (TPSA) is 63.6 Å². The number of cyclic esters (lactones) is 1. The lowest BCUT2D eigenvalue weighted by atomic mass is 9.90. The molecule has 0 spiro atoms. The molecule has 118 valence electrons. The van der Waals surface area contributed by atoms with E-state index in [1.807, 2.05) is 51.1 Å². The Bertz CT molecular complexity index is 586. The van der Waals surface area contributed by atoms with E-state index in [0.717, 1.165) is 5.56 Å². The molecule has 0 aromatic heterocycles. The Morgan fingerprint density at radius 3 is 2.41 bits per heavy atom. The standard InChI is InChI=1S/C18H22O4/c1-4-13(12-8-6-5-7-9-12)16(19)15-17(20)14(10-11(2)3)22-18(15)21/h5-9,11,13-14,19H,4,10H2,1-3H3. The molecule has 2 unspecified atom stereocenters. The van der Waals surface area contributed by atoms with Gasteiger partial charge in [0.05, 0.1) is 0 Å².